The summed E-state index contributed by atoms with van der Waals surface area (Å²) < 4.78 is 6.71. The number of benzene rings is 5. The first-order chi connectivity index (χ1) is 36.9. The lowest BCUT2D eigenvalue weighted by Gasteiger charge is -2.50. The number of hydrogen-bond acceptors (Lipinski definition) is 5. The highest BCUT2D eigenvalue weighted by molar-refractivity contribution is 5.86. The third kappa shape index (κ3) is 6.96. The van der Waals surface area contributed by atoms with Gasteiger partial charge in [-0.15, -0.1) is 0 Å². The van der Waals surface area contributed by atoms with E-state index in [9.17, 15) is 0 Å². The van der Waals surface area contributed by atoms with Crippen molar-refractivity contribution >= 4 is 34.1 Å². The molecule has 5 aromatic carbocycles. The van der Waals surface area contributed by atoms with E-state index in [1.54, 1.807) is 0 Å². The van der Waals surface area contributed by atoms with Crippen molar-refractivity contribution in [2.45, 2.75) is 84.4 Å². The van der Waals surface area contributed by atoms with Gasteiger partial charge in [-0.25, -0.2) is 0 Å². The molecule has 15 rings (SSSR count). The van der Waals surface area contributed by atoms with E-state index in [0.29, 0.717) is 11.8 Å². The van der Waals surface area contributed by atoms with E-state index in [0.717, 1.165) is 30.2 Å². The normalized spacial score (nSPS) is 28.4. The summed E-state index contributed by atoms with van der Waals surface area (Å²) in [6.45, 7) is 18.4. The van der Waals surface area contributed by atoms with Crippen molar-refractivity contribution in [2.75, 3.05) is 27.8 Å². The summed E-state index contributed by atoms with van der Waals surface area (Å²) in [6, 6.07) is 43.6. The molecule has 10 aliphatic rings. The summed E-state index contributed by atoms with van der Waals surface area (Å²) in [5, 5.41) is 0. The van der Waals surface area contributed by atoms with Crippen LogP contribution in [0.3, 0.4) is 0 Å². The minimum absolute atomic E-state index is 0.0168. The Kier molecular flexibility index (Phi) is 10.1. The lowest BCUT2D eigenvalue weighted by Crippen LogP contribution is -2.46. The van der Waals surface area contributed by atoms with Gasteiger partial charge in [0.1, 0.15) is 11.9 Å². The van der Waals surface area contributed by atoms with Crippen molar-refractivity contribution in [3.05, 3.63) is 256 Å². The maximum Gasteiger partial charge on any atom is 0.128 e. The van der Waals surface area contributed by atoms with Crippen LogP contribution in [-0.2, 0) is 0 Å². The average molecular weight is 993 g/mol. The Morgan fingerprint density at radius 3 is 1.97 bits per heavy atom. The molecule has 0 spiro atoms. The molecule has 0 saturated carbocycles. The fourth-order valence-corrected chi connectivity index (χ4v) is 15.1. The fraction of sp³-hybridized carbons (Fsp3) is 0.296. The maximum absolute atomic E-state index is 6.71. The van der Waals surface area contributed by atoms with Crippen LogP contribution in [0, 0.1) is 41.4 Å². The predicted octanol–water partition coefficient (Wildman–Crippen LogP) is 16.5. The fourth-order valence-electron chi connectivity index (χ4n) is 15.1. The first-order valence-corrected chi connectivity index (χ1v) is 28.2. The molecule has 10 atom stereocenters. The SMILES string of the molecule is Cc1cccc(N(c2ccccc2)c2ccc3c4c2C2C=CC(C(C)(C)C)=CC2CN4CC2C=C4C(=CC32)N2C3C=CC(C(C)(C)C)=CC3C3=C(N(c5ccccc5)c5ccc6c(c5)OC5C=CC=CC65)C=CC4C32)c1. The van der Waals surface area contributed by atoms with Crippen LogP contribution in [0.15, 0.2) is 234 Å². The topological polar surface area (TPSA) is 22.2 Å². The molecule has 2 saturated heterocycles. The van der Waals surface area contributed by atoms with E-state index in [2.05, 4.69) is 268 Å². The Hall–Kier alpha value is -7.50. The molecule has 76 heavy (non-hydrogen) atoms. The smallest absolute Gasteiger partial charge is 0.128 e. The van der Waals surface area contributed by atoms with E-state index in [4.69, 9.17) is 4.74 Å². The van der Waals surface area contributed by atoms with Gasteiger partial charge in [-0.05, 0) is 112 Å². The molecule has 0 bridgehead atoms. The van der Waals surface area contributed by atoms with Crippen LogP contribution in [0.2, 0.25) is 0 Å². The largest absolute Gasteiger partial charge is 0.485 e. The number of allylic oxidation sites excluding steroid dienone is 10. The monoisotopic (exact) mass is 993 g/mol. The van der Waals surface area contributed by atoms with Crippen molar-refractivity contribution in [1.29, 1.82) is 0 Å². The van der Waals surface area contributed by atoms with E-state index < -0.39 is 0 Å². The minimum Gasteiger partial charge on any atom is -0.485 e. The van der Waals surface area contributed by atoms with Gasteiger partial charge >= 0.3 is 0 Å². The third-order valence-corrected chi connectivity index (χ3v) is 18.6. The van der Waals surface area contributed by atoms with Gasteiger partial charge in [0, 0.05) is 112 Å². The van der Waals surface area contributed by atoms with Gasteiger partial charge in [0.15, 0.2) is 0 Å². The molecule has 2 fully saturated rings. The van der Waals surface area contributed by atoms with E-state index in [1.807, 2.05) is 0 Å². The molecule has 5 aliphatic heterocycles. The lowest BCUT2D eigenvalue weighted by atomic mass is 9.67. The van der Waals surface area contributed by atoms with Crippen LogP contribution >= 0.6 is 0 Å². The number of rotatable bonds is 6. The van der Waals surface area contributed by atoms with Crippen molar-refractivity contribution in [3.63, 3.8) is 0 Å². The molecular weight excluding hydrogens is 925 g/mol. The Labute approximate surface area is 450 Å². The summed E-state index contributed by atoms with van der Waals surface area (Å²) in [5.41, 5.74) is 21.6. The van der Waals surface area contributed by atoms with Crippen LogP contribution in [0.25, 0.3) is 0 Å². The number of anilines is 6. The second kappa shape index (κ2) is 16.7. The summed E-state index contributed by atoms with van der Waals surface area (Å²) >= 11 is 0. The number of nitrogens with zero attached hydrogens (tertiary/aromatic N) is 4. The Balaban J connectivity index is 0.893. The van der Waals surface area contributed by atoms with Crippen LogP contribution < -0.4 is 19.4 Å². The molecule has 5 aromatic rings. The van der Waals surface area contributed by atoms with Gasteiger partial charge in [0.05, 0.1) is 17.8 Å². The molecule has 0 aromatic heterocycles. The molecule has 10 unspecified atom stereocenters. The molecular formula is C71H68N4O. The summed E-state index contributed by atoms with van der Waals surface area (Å²) in [6.07, 6.45) is 34.7. The Morgan fingerprint density at radius 1 is 0.539 bits per heavy atom. The predicted molar refractivity (Wildman–Crippen MR) is 313 cm³/mol. The highest BCUT2D eigenvalue weighted by Crippen LogP contribution is 2.62. The van der Waals surface area contributed by atoms with Gasteiger partial charge < -0.3 is 24.3 Å². The molecule has 5 heterocycles. The highest BCUT2D eigenvalue weighted by Gasteiger charge is 2.58. The van der Waals surface area contributed by atoms with Gasteiger partial charge in [-0.2, -0.15) is 0 Å². The van der Waals surface area contributed by atoms with E-state index >= 15 is 0 Å². The zero-order chi connectivity index (χ0) is 51.4. The molecule has 0 N–H and O–H groups in total. The van der Waals surface area contributed by atoms with Crippen molar-refractivity contribution < 1.29 is 4.74 Å². The van der Waals surface area contributed by atoms with Gasteiger partial charge in [0.2, 0.25) is 0 Å². The molecule has 0 amide bonds. The number of fused-ring (bicyclic) bond motifs is 13. The Bertz CT molecular complexity index is 3580. The third-order valence-electron chi connectivity index (χ3n) is 18.6. The number of aryl methyl sites for hydroxylation is 1. The number of ether oxygens (including phenoxy) is 1. The van der Waals surface area contributed by atoms with Gasteiger partial charge in [0.25, 0.3) is 0 Å². The summed E-state index contributed by atoms with van der Waals surface area (Å²) in [4.78, 5) is 10.8. The standard InChI is InChI=1S/C71H68N4O/c1-43-17-16-22-50(35-43)73(48-18-10-8-11-19-48)61-33-30-55-57-40-63-58(37-45(57)42-72-41-44-36-46(70(2,3)4)25-28-52(44)66(61)68(55)72)56-31-34-62(67-59-38-47(71(5,6)7)26-32-60(59)75(63)69(56)67)74(49-20-12-9-13-21-49)51-27-29-54-53-23-14-15-24-64(53)76-65(54)39-51/h8-40,44-45,52-53,56-57,59-60,64,69H,41-42H2,1-7H3. The van der Waals surface area contributed by atoms with Crippen LogP contribution in [0.4, 0.5) is 34.1 Å². The quantitative estimate of drug-likeness (QED) is 0.169. The zero-order valence-electron chi connectivity index (χ0n) is 44.9. The highest BCUT2D eigenvalue weighted by atomic mass is 16.5. The van der Waals surface area contributed by atoms with Crippen LogP contribution in [0.1, 0.15) is 81.5 Å². The number of para-hydroxylation sites is 2. The Morgan fingerprint density at radius 2 is 1.21 bits per heavy atom. The molecule has 5 heteroatoms. The summed E-state index contributed by atoms with van der Waals surface area (Å²) in [5.74, 6) is 2.90. The van der Waals surface area contributed by atoms with Crippen molar-refractivity contribution in [3.8, 4) is 5.75 Å². The second-order valence-electron chi connectivity index (χ2n) is 25.2. The first-order valence-electron chi connectivity index (χ1n) is 28.2. The van der Waals surface area contributed by atoms with Crippen LogP contribution in [-0.4, -0.2) is 36.2 Å². The lowest BCUT2D eigenvalue weighted by molar-refractivity contribution is 0.269. The number of hydrogen-bond donors (Lipinski definition) is 0. The average Bonchev–Trinajstić information content (AvgIpc) is 4.08. The molecule has 0 radical (unpaired) electrons. The van der Waals surface area contributed by atoms with E-state index in [1.165, 1.54) is 78.7 Å². The van der Waals surface area contributed by atoms with Crippen molar-refractivity contribution in [2.24, 2.45) is 34.5 Å². The maximum atomic E-state index is 6.71. The minimum atomic E-state index is 0.0168. The van der Waals surface area contributed by atoms with Gasteiger partial charge in [-0.1, -0.05) is 175 Å². The zero-order valence-corrected chi connectivity index (χ0v) is 44.9. The van der Waals surface area contributed by atoms with Crippen molar-refractivity contribution in [1.82, 2.24) is 4.90 Å². The van der Waals surface area contributed by atoms with Crippen LogP contribution in [0.5, 0.6) is 5.75 Å². The molecule has 5 aliphatic carbocycles. The van der Waals surface area contributed by atoms with Gasteiger partial charge in [-0.3, -0.25) is 0 Å². The summed E-state index contributed by atoms with van der Waals surface area (Å²) in [7, 11) is 0. The van der Waals surface area contributed by atoms with E-state index in [-0.39, 0.29) is 58.6 Å². The first kappa shape index (κ1) is 45.9. The second-order valence-corrected chi connectivity index (χ2v) is 25.2. The molecule has 5 nitrogen and oxygen atoms in total. The molecule has 378 valence electrons.